The second-order valence-corrected chi connectivity index (χ2v) is 11.1. The van der Waals surface area contributed by atoms with E-state index in [9.17, 15) is 29.1 Å². The van der Waals surface area contributed by atoms with E-state index in [-0.39, 0.29) is 25.7 Å². The molecule has 2 aromatic carbocycles. The van der Waals surface area contributed by atoms with Gasteiger partial charge in [0.15, 0.2) is 0 Å². The van der Waals surface area contributed by atoms with Gasteiger partial charge in [0, 0.05) is 29.9 Å². The van der Waals surface area contributed by atoms with Crippen LogP contribution in [0.1, 0.15) is 30.4 Å². The van der Waals surface area contributed by atoms with E-state index in [1.54, 1.807) is 6.20 Å². The third-order valence-electron chi connectivity index (χ3n) is 6.87. The van der Waals surface area contributed by atoms with Crippen molar-refractivity contribution in [2.75, 3.05) is 12.0 Å². The largest absolute Gasteiger partial charge is 0.481 e. The first-order chi connectivity index (χ1) is 20.6. The Balaban J connectivity index is 1.81. The maximum Gasteiger partial charge on any atom is 0.326 e. The fourth-order valence-corrected chi connectivity index (χ4v) is 5.01. The number of aromatic nitrogens is 1. The van der Waals surface area contributed by atoms with Crippen LogP contribution in [0.15, 0.2) is 60.8 Å². The van der Waals surface area contributed by atoms with Crippen molar-refractivity contribution in [1.82, 2.24) is 20.9 Å². The van der Waals surface area contributed by atoms with Crippen molar-refractivity contribution in [3.05, 3.63) is 71.9 Å². The number of aromatic amines is 1. The second-order valence-electron chi connectivity index (χ2n) is 10.1. The quantitative estimate of drug-likeness (QED) is 0.118. The summed E-state index contributed by atoms with van der Waals surface area (Å²) in [5.74, 6) is -4.03. The number of hydrogen-bond acceptors (Lipinski definition) is 7. The van der Waals surface area contributed by atoms with Gasteiger partial charge in [0.2, 0.25) is 17.7 Å². The summed E-state index contributed by atoms with van der Waals surface area (Å²) in [6, 6.07) is 12.0. The molecule has 3 rings (SSSR count). The van der Waals surface area contributed by atoms with E-state index >= 15 is 0 Å². The lowest BCUT2D eigenvalue weighted by atomic mass is 10.0. The van der Waals surface area contributed by atoms with Crippen molar-refractivity contribution >= 4 is 52.3 Å². The van der Waals surface area contributed by atoms with Gasteiger partial charge in [0.1, 0.15) is 18.1 Å². The lowest BCUT2D eigenvalue weighted by molar-refractivity contribution is -0.143. The standard InChI is InChI=1S/C30H37N5O7S/c1-43-14-13-23(33-27(38)21(31)15-18-7-3-2-4-8-18)28(39)35-25(16-19-17-32-22-10-6-5-9-20(19)22)29(40)34-24(30(41)42)11-12-26(36)37/h2-10,17,21,23-25,32H,11-16,31H2,1H3,(H,33,38)(H,34,40)(H,35,39)(H,36,37)(H,41,42). The third-order valence-corrected chi connectivity index (χ3v) is 7.52. The van der Waals surface area contributed by atoms with Gasteiger partial charge in [0.05, 0.1) is 6.04 Å². The molecule has 8 N–H and O–H groups in total. The number of thioether (sulfide) groups is 1. The predicted octanol–water partition coefficient (Wildman–Crippen LogP) is 1.44. The van der Waals surface area contributed by atoms with Crippen molar-refractivity contribution in [1.29, 1.82) is 0 Å². The maximum absolute atomic E-state index is 13.5. The number of carboxylic acids is 2. The molecule has 0 fully saturated rings. The number of carboxylic acid groups (broad SMARTS) is 2. The molecule has 0 aliphatic rings. The Morgan fingerprint density at radius 1 is 0.814 bits per heavy atom. The number of benzene rings is 2. The van der Waals surface area contributed by atoms with Crippen molar-refractivity contribution in [2.45, 2.75) is 56.3 Å². The van der Waals surface area contributed by atoms with Gasteiger partial charge >= 0.3 is 11.9 Å². The summed E-state index contributed by atoms with van der Waals surface area (Å²) in [6.07, 6.45) is 3.28. The summed E-state index contributed by atoms with van der Waals surface area (Å²) in [5.41, 5.74) is 8.51. The molecule has 4 unspecified atom stereocenters. The molecular weight excluding hydrogens is 574 g/mol. The third kappa shape index (κ3) is 10.1. The number of para-hydroxylation sites is 1. The van der Waals surface area contributed by atoms with Crippen LogP contribution >= 0.6 is 11.8 Å². The predicted molar refractivity (Wildman–Crippen MR) is 163 cm³/mol. The van der Waals surface area contributed by atoms with E-state index in [4.69, 9.17) is 10.8 Å². The van der Waals surface area contributed by atoms with Crippen molar-refractivity contribution in [3.63, 3.8) is 0 Å². The summed E-state index contributed by atoms with van der Waals surface area (Å²) >= 11 is 1.48. The van der Waals surface area contributed by atoms with E-state index in [1.807, 2.05) is 60.9 Å². The van der Waals surface area contributed by atoms with Crippen LogP contribution in [0.3, 0.4) is 0 Å². The van der Waals surface area contributed by atoms with Gasteiger partial charge in [-0.2, -0.15) is 11.8 Å². The summed E-state index contributed by atoms with van der Waals surface area (Å²) < 4.78 is 0. The number of rotatable bonds is 17. The van der Waals surface area contributed by atoms with E-state index in [1.165, 1.54) is 11.8 Å². The highest BCUT2D eigenvalue weighted by molar-refractivity contribution is 7.98. The van der Waals surface area contributed by atoms with Gasteiger partial charge < -0.3 is 36.9 Å². The highest BCUT2D eigenvalue weighted by Gasteiger charge is 2.31. The Morgan fingerprint density at radius 3 is 2.12 bits per heavy atom. The number of carbonyl (C=O) groups is 5. The summed E-state index contributed by atoms with van der Waals surface area (Å²) in [4.78, 5) is 65.8. The lowest BCUT2D eigenvalue weighted by Gasteiger charge is -2.25. The van der Waals surface area contributed by atoms with Crippen molar-refractivity contribution in [2.24, 2.45) is 5.73 Å². The van der Waals surface area contributed by atoms with Gasteiger partial charge in [-0.15, -0.1) is 0 Å². The molecule has 43 heavy (non-hydrogen) atoms. The zero-order valence-electron chi connectivity index (χ0n) is 23.7. The molecule has 0 saturated heterocycles. The molecule has 1 aromatic heterocycles. The molecule has 12 nitrogen and oxygen atoms in total. The van der Waals surface area contributed by atoms with Crippen LogP contribution in [0, 0.1) is 0 Å². The smallest absolute Gasteiger partial charge is 0.326 e. The van der Waals surface area contributed by atoms with E-state index in [2.05, 4.69) is 20.9 Å². The average Bonchev–Trinajstić information content (AvgIpc) is 3.39. The molecule has 0 radical (unpaired) electrons. The Morgan fingerprint density at radius 2 is 1.44 bits per heavy atom. The molecule has 4 atom stereocenters. The van der Waals surface area contributed by atoms with Crippen molar-refractivity contribution in [3.8, 4) is 0 Å². The zero-order chi connectivity index (χ0) is 31.4. The van der Waals surface area contributed by atoms with Gasteiger partial charge in [-0.05, 0) is 48.5 Å². The number of amides is 3. The SMILES string of the molecule is CSCCC(NC(=O)C(N)Cc1ccccc1)C(=O)NC(Cc1c[nH]c2ccccc12)C(=O)NC(CCC(=O)O)C(=O)O. The lowest BCUT2D eigenvalue weighted by Crippen LogP contribution is -2.58. The van der Waals surface area contributed by atoms with Gasteiger partial charge in [-0.25, -0.2) is 4.79 Å². The molecule has 0 aliphatic carbocycles. The monoisotopic (exact) mass is 611 g/mol. The number of hydrogen-bond donors (Lipinski definition) is 7. The average molecular weight is 612 g/mol. The zero-order valence-corrected chi connectivity index (χ0v) is 24.6. The molecule has 0 spiro atoms. The number of aliphatic carboxylic acids is 2. The fraction of sp³-hybridized carbons (Fsp3) is 0.367. The normalized spacial score (nSPS) is 13.8. The highest BCUT2D eigenvalue weighted by atomic mass is 32.2. The van der Waals surface area contributed by atoms with Crippen LogP contribution in [-0.4, -0.2) is 81.0 Å². The Labute approximate surface area is 253 Å². The fourth-order valence-electron chi connectivity index (χ4n) is 4.54. The minimum absolute atomic E-state index is 0.00354. The summed E-state index contributed by atoms with van der Waals surface area (Å²) in [7, 11) is 0. The minimum atomic E-state index is -1.48. The molecule has 3 aromatic rings. The van der Waals surface area contributed by atoms with E-state index in [0.717, 1.165) is 16.5 Å². The number of nitrogens with one attached hydrogen (secondary N) is 4. The van der Waals surface area contributed by atoms with Gasteiger partial charge in [0.25, 0.3) is 0 Å². The topological polar surface area (TPSA) is 204 Å². The Hall–Kier alpha value is -4.36. The molecule has 3 amide bonds. The first-order valence-electron chi connectivity index (χ1n) is 13.8. The van der Waals surface area contributed by atoms with Crippen LogP contribution in [-0.2, 0) is 36.8 Å². The van der Waals surface area contributed by atoms with Gasteiger partial charge in [-0.1, -0.05) is 48.5 Å². The number of carbonyl (C=O) groups excluding carboxylic acids is 3. The number of fused-ring (bicyclic) bond motifs is 1. The highest BCUT2D eigenvalue weighted by Crippen LogP contribution is 2.19. The first kappa shape index (κ1) is 33.1. The Bertz CT molecular complexity index is 1410. The van der Waals surface area contributed by atoms with Crippen LogP contribution in [0.5, 0.6) is 0 Å². The van der Waals surface area contributed by atoms with Crippen LogP contribution in [0.25, 0.3) is 10.9 Å². The van der Waals surface area contributed by atoms with Gasteiger partial charge in [-0.3, -0.25) is 19.2 Å². The molecule has 0 aliphatic heterocycles. The van der Waals surface area contributed by atoms with Crippen LogP contribution < -0.4 is 21.7 Å². The van der Waals surface area contributed by atoms with Crippen LogP contribution in [0.4, 0.5) is 0 Å². The maximum atomic E-state index is 13.5. The molecule has 0 bridgehead atoms. The number of nitrogens with two attached hydrogens (primary N) is 1. The molecular formula is C30H37N5O7S. The molecule has 230 valence electrons. The molecule has 0 saturated carbocycles. The van der Waals surface area contributed by atoms with E-state index in [0.29, 0.717) is 11.3 Å². The minimum Gasteiger partial charge on any atom is -0.481 e. The van der Waals surface area contributed by atoms with Crippen molar-refractivity contribution < 1.29 is 34.2 Å². The second kappa shape index (κ2) is 16.3. The molecule has 1 heterocycles. The summed E-state index contributed by atoms with van der Waals surface area (Å²) in [6.45, 7) is 0. The van der Waals surface area contributed by atoms with E-state index < -0.39 is 60.2 Å². The summed E-state index contributed by atoms with van der Waals surface area (Å²) in [5, 5.41) is 27.2. The Kier molecular flexibility index (Phi) is 12.6. The number of H-pyrrole nitrogens is 1. The van der Waals surface area contributed by atoms with Crippen LogP contribution in [0.2, 0.25) is 0 Å². The molecule has 13 heteroatoms. The first-order valence-corrected chi connectivity index (χ1v) is 15.2.